The molecular weight excluding hydrogens is 224 g/mol. The van der Waals surface area contributed by atoms with Crippen molar-refractivity contribution in [1.29, 1.82) is 0 Å². The highest BCUT2D eigenvalue weighted by atomic mass is 19.1. The van der Waals surface area contributed by atoms with Crippen LogP contribution in [0.2, 0.25) is 0 Å². The van der Waals surface area contributed by atoms with Gasteiger partial charge in [0.2, 0.25) is 0 Å². The van der Waals surface area contributed by atoms with Crippen molar-refractivity contribution >= 4 is 0 Å². The van der Waals surface area contributed by atoms with Crippen LogP contribution >= 0.6 is 0 Å². The lowest BCUT2D eigenvalue weighted by molar-refractivity contribution is 0.195. The summed E-state index contributed by atoms with van der Waals surface area (Å²) >= 11 is 0. The SMILES string of the molecule is CC(CNC(C)(C)C)Oc1ccc(F)cc1F. The fourth-order valence-electron chi connectivity index (χ4n) is 1.28. The molecule has 0 aliphatic carbocycles. The summed E-state index contributed by atoms with van der Waals surface area (Å²) in [5.41, 5.74) is -0.0149. The molecular formula is C13H19F2NO. The number of benzene rings is 1. The Kier molecular flexibility index (Phi) is 4.46. The van der Waals surface area contributed by atoms with Crippen molar-refractivity contribution in [3.05, 3.63) is 29.8 Å². The van der Waals surface area contributed by atoms with Gasteiger partial charge in [-0.2, -0.15) is 0 Å². The summed E-state index contributed by atoms with van der Waals surface area (Å²) in [7, 11) is 0. The van der Waals surface area contributed by atoms with E-state index in [1.807, 2.05) is 27.7 Å². The summed E-state index contributed by atoms with van der Waals surface area (Å²) in [5, 5.41) is 3.25. The van der Waals surface area contributed by atoms with Crippen molar-refractivity contribution in [2.45, 2.75) is 39.3 Å². The minimum atomic E-state index is -0.674. The van der Waals surface area contributed by atoms with Gasteiger partial charge in [0.25, 0.3) is 0 Å². The molecule has 0 spiro atoms. The Morgan fingerprint density at radius 1 is 1.29 bits per heavy atom. The van der Waals surface area contributed by atoms with Crippen LogP contribution in [0.1, 0.15) is 27.7 Å². The van der Waals surface area contributed by atoms with Crippen LogP contribution in [0.5, 0.6) is 5.75 Å². The molecule has 0 amide bonds. The summed E-state index contributed by atoms with van der Waals surface area (Å²) in [5.74, 6) is -1.20. The normalized spacial score (nSPS) is 13.5. The number of hydrogen-bond donors (Lipinski definition) is 1. The van der Waals surface area contributed by atoms with Gasteiger partial charge in [-0.25, -0.2) is 8.78 Å². The van der Waals surface area contributed by atoms with Crippen molar-refractivity contribution in [3.63, 3.8) is 0 Å². The zero-order chi connectivity index (χ0) is 13.1. The second-order valence-corrected chi connectivity index (χ2v) is 5.13. The summed E-state index contributed by atoms with van der Waals surface area (Å²) < 4.78 is 31.4. The lowest BCUT2D eigenvalue weighted by Crippen LogP contribution is -2.41. The average Bonchev–Trinajstić information content (AvgIpc) is 2.18. The number of nitrogens with one attached hydrogen (secondary N) is 1. The highest BCUT2D eigenvalue weighted by molar-refractivity contribution is 5.24. The predicted octanol–water partition coefficient (Wildman–Crippen LogP) is 3.12. The number of ether oxygens (including phenoxy) is 1. The van der Waals surface area contributed by atoms with Gasteiger partial charge in [-0.05, 0) is 39.8 Å². The second kappa shape index (κ2) is 5.45. The van der Waals surface area contributed by atoms with Crippen molar-refractivity contribution < 1.29 is 13.5 Å². The molecule has 4 heteroatoms. The topological polar surface area (TPSA) is 21.3 Å². The number of halogens is 2. The van der Waals surface area contributed by atoms with Crippen LogP contribution in [0.25, 0.3) is 0 Å². The van der Waals surface area contributed by atoms with Crippen LogP contribution < -0.4 is 10.1 Å². The van der Waals surface area contributed by atoms with E-state index in [4.69, 9.17) is 4.74 Å². The Morgan fingerprint density at radius 2 is 1.94 bits per heavy atom. The van der Waals surface area contributed by atoms with E-state index in [1.54, 1.807) is 0 Å². The molecule has 0 bridgehead atoms. The highest BCUT2D eigenvalue weighted by Gasteiger charge is 2.13. The molecule has 0 heterocycles. The molecule has 0 aromatic heterocycles. The van der Waals surface area contributed by atoms with Gasteiger partial charge in [-0.3, -0.25) is 0 Å². The van der Waals surface area contributed by atoms with E-state index in [0.29, 0.717) is 6.54 Å². The lowest BCUT2D eigenvalue weighted by Gasteiger charge is -2.24. The number of hydrogen-bond acceptors (Lipinski definition) is 2. The molecule has 0 aliphatic rings. The molecule has 17 heavy (non-hydrogen) atoms. The lowest BCUT2D eigenvalue weighted by atomic mass is 10.1. The third-order valence-electron chi connectivity index (χ3n) is 2.14. The zero-order valence-electron chi connectivity index (χ0n) is 10.7. The summed E-state index contributed by atoms with van der Waals surface area (Å²) in [4.78, 5) is 0. The summed E-state index contributed by atoms with van der Waals surface area (Å²) in [6.07, 6.45) is -0.186. The molecule has 2 nitrogen and oxygen atoms in total. The molecule has 0 radical (unpaired) electrons. The molecule has 1 atom stereocenters. The molecule has 0 fully saturated rings. The Balaban J connectivity index is 2.53. The smallest absolute Gasteiger partial charge is 0.167 e. The van der Waals surface area contributed by atoms with Crippen LogP contribution in [-0.2, 0) is 0 Å². The number of rotatable bonds is 4. The predicted molar refractivity (Wildman–Crippen MR) is 64.2 cm³/mol. The monoisotopic (exact) mass is 243 g/mol. The van der Waals surface area contributed by atoms with E-state index in [-0.39, 0.29) is 17.4 Å². The van der Waals surface area contributed by atoms with E-state index in [0.717, 1.165) is 6.07 Å². The zero-order valence-corrected chi connectivity index (χ0v) is 10.7. The molecule has 1 unspecified atom stereocenters. The van der Waals surface area contributed by atoms with Crippen LogP contribution in [0, 0.1) is 11.6 Å². The van der Waals surface area contributed by atoms with E-state index < -0.39 is 11.6 Å². The largest absolute Gasteiger partial charge is 0.486 e. The Morgan fingerprint density at radius 3 is 2.47 bits per heavy atom. The van der Waals surface area contributed by atoms with Crippen LogP contribution in [0.4, 0.5) is 8.78 Å². The molecule has 0 aliphatic heterocycles. The minimum Gasteiger partial charge on any atom is -0.486 e. The van der Waals surface area contributed by atoms with Crippen molar-refractivity contribution in [2.24, 2.45) is 0 Å². The van der Waals surface area contributed by atoms with Gasteiger partial charge in [0, 0.05) is 18.2 Å². The highest BCUT2D eigenvalue weighted by Crippen LogP contribution is 2.18. The van der Waals surface area contributed by atoms with E-state index in [9.17, 15) is 8.78 Å². The van der Waals surface area contributed by atoms with Crippen molar-refractivity contribution in [3.8, 4) is 5.75 Å². The van der Waals surface area contributed by atoms with Crippen LogP contribution in [0.3, 0.4) is 0 Å². The van der Waals surface area contributed by atoms with Gasteiger partial charge in [0.1, 0.15) is 11.9 Å². The molecule has 0 saturated heterocycles. The summed E-state index contributed by atoms with van der Waals surface area (Å²) in [6.45, 7) is 8.55. The Bertz CT molecular complexity index is 374. The second-order valence-electron chi connectivity index (χ2n) is 5.13. The van der Waals surface area contributed by atoms with Gasteiger partial charge >= 0.3 is 0 Å². The standard InChI is InChI=1S/C13H19F2NO/c1-9(8-16-13(2,3)4)17-12-6-5-10(14)7-11(12)15/h5-7,9,16H,8H2,1-4H3. The Labute approximate surface area is 101 Å². The first kappa shape index (κ1) is 13.9. The third-order valence-corrected chi connectivity index (χ3v) is 2.14. The van der Waals surface area contributed by atoms with E-state index in [2.05, 4.69) is 5.32 Å². The maximum Gasteiger partial charge on any atom is 0.167 e. The maximum absolute atomic E-state index is 13.3. The molecule has 1 N–H and O–H groups in total. The van der Waals surface area contributed by atoms with Gasteiger partial charge in [0.15, 0.2) is 11.6 Å². The van der Waals surface area contributed by atoms with Crippen molar-refractivity contribution in [1.82, 2.24) is 5.32 Å². The Hall–Kier alpha value is -1.16. The van der Waals surface area contributed by atoms with Gasteiger partial charge in [0.05, 0.1) is 0 Å². The van der Waals surface area contributed by atoms with Crippen LogP contribution in [0.15, 0.2) is 18.2 Å². The van der Waals surface area contributed by atoms with E-state index in [1.165, 1.54) is 12.1 Å². The van der Waals surface area contributed by atoms with E-state index >= 15 is 0 Å². The fourth-order valence-corrected chi connectivity index (χ4v) is 1.28. The average molecular weight is 243 g/mol. The maximum atomic E-state index is 13.3. The van der Waals surface area contributed by atoms with Crippen molar-refractivity contribution in [2.75, 3.05) is 6.54 Å². The van der Waals surface area contributed by atoms with Gasteiger partial charge in [-0.1, -0.05) is 0 Å². The first-order valence-corrected chi connectivity index (χ1v) is 5.64. The molecule has 96 valence electrons. The molecule has 1 aromatic rings. The molecule has 1 aromatic carbocycles. The minimum absolute atomic E-state index is 0.0149. The summed E-state index contributed by atoms with van der Waals surface area (Å²) in [6, 6.07) is 3.31. The fraction of sp³-hybridized carbons (Fsp3) is 0.538. The molecule has 0 saturated carbocycles. The first-order chi connectivity index (χ1) is 7.78. The quantitative estimate of drug-likeness (QED) is 0.877. The van der Waals surface area contributed by atoms with Crippen LogP contribution in [-0.4, -0.2) is 18.2 Å². The first-order valence-electron chi connectivity index (χ1n) is 5.64. The molecule has 1 rings (SSSR count). The third kappa shape index (κ3) is 5.13. The van der Waals surface area contributed by atoms with Gasteiger partial charge in [-0.15, -0.1) is 0 Å². The van der Waals surface area contributed by atoms with Gasteiger partial charge < -0.3 is 10.1 Å².